The van der Waals surface area contributed by atoms with Gasteiger partial charge in [0.25, 0.3) is 0 Å². The summed E-state index contributed by atoms with van der Waals surface area (Å²) < 4.78 is 1.68. The van der Waals surface area contributed by atoms with E-state index in [1.54, 1.807) is 10.9 Å². The lowest BCUT2D eigenvalue weighted by Gasteiger charge is -2.07. The zero-order valence-electron chi connectivity index (χ0n) is 7.83. The lowest BCUT2D eigenvalue weighted by Crippen LogP contribution is -2.17. The first-order valence-corrected chi connectivity index (χ1v) is 4.41. The highest BCUT2D eigenvalue weighted by Crippen LogP contribution is 2.25. The van der Waals surface area contributed by atoms with Gasteiger partial charge in [-0.2, -0.15) is 5.10 Å². The summed E-state index contributed by atoms with van der Waals surface area (Å²) in [4.78, 5) is 22.6. The number of carboxylic acids is 1. The largest absolute Gasteiger partial charge is 0.478 e. The number of carboxylic acid groups (broad SMARTS) is 1. The molecular formula is C9H9N3O3. The highest BCUT2D eigenvalue weighted by molar-refractivity contribution is 5.88. The summed E-state index contributed by atoms with van der Waals surface area (Å²) in [5.41, 5.74) is 0.641. The number of hydrogen-bond donors (Lipinski definition) is 1. The predicted octanol–water partition coefficient (Wildman–Crippen LogP) is -0.0427. The van der Waals surface area contributed by atoms with Crippen molar-refractivity contribution in [3.63, 3.8) is 0 Å². The molecule has 0 saturated heterocycles. The van der Waals surface area contributed by atoms with Gasteiger partial charge in [-0.3, -0.25) is 9.69 Å². The number of aromatic nitrogens is 2. The molecule has 0 fully saturated rings. The summed E-state index contributed by atoms with van der Waals surface area (Å²) in [6, 6.07) is 0. The third kappa shape index (κ3) is 1.61. The van der Waals surface area contributed by atoms with E-state index in [1.807, 2.05) is 0 Å². The second-order valence-corrected chi connectivity index (χ2v) is 3.12. The highest BCUT2D eigenvalue weighted by atomic mass is 16.4. The van der Waals surface area contributed by atoms with Gasteiger partial charge in [0.05, 0.1) is 12.7 Å². The minimum absolute atomic E-state index is 0.584. The Labute approximate surface area is 85.4 Å². The van der Waals surface area contributed by atoms with Crippen LogP contribution in [0.25, 0.3) is 6.08 Å². The van der Waals surface area contributed by atoms with Gasteiger partial charge < -0.3 is 5.11 Å². The summed E-state index contributed by atoms with van der Waals surface area (Å²) in [5.74, 6) is -0.367. The fourth-order valence-electron chi connectivity index (χ4n) is 1.56. The molecule has 0 radical (unpaired) electrons. The molecule has 1 aliphatic heterocycles. The Kier molecular flexibility index (Phi) is 2.24. The van der Waals surface area contributed by atoms with Crippen molar-refractivity contribution in [1.29, 1.82) is 0 Å². The highest BCUT2D eigenvalue weighted by Gasteiger charge is 2.22. The van der Waals surface area contributed by atoms with Crippen molar-refractivity contribution < 1.29 is 14.7 Å². The van der Waals surface area contributed by atoms with E-state index in [-0.39, 0.29) is 0 Å². The smallest absolute Gasteiger partial charge is 0.328 e. The number of hydrogen-bond acceptors (Lipinski definition) is 3. The summed E-state index contributed by atoms with van der Waals surface area (Å²) in [6.45, 7) is 1.23. The van der Waals surface area contributed by atoms with Crippen molar-refractivity contribution in [2.24, 2.45) is 0 Å². The van der Waals surface area contributed by atoms with E-state index < -0.39 is 5.97 Å². The van der Waals surface area contributed by atoms with Crippen molar-refractivity contribution in [3.8, 4) is 0 Å². The Balaban J connectivity index is 2.34. The summed E-state index contributed by atoms with van der Waals surface area (Å²) in [5, 5.41) is 12.5. The van der Waals surface area contributed by atoms with E-state index in [4.69, 9.17) is 5.11 Å². The molecule has 0 unspecified atom stereocenters. The molecule has 6 nitrogen and oxygen atoms in total. The van der Waals surface area contributed by atoms with E-state index in [0.29, 0.717) is 24.5 Å². The Bertz CT molecular complexity index is 436. The monoisotopic (exact) mass is 207 g/mol. The second-order valence-electron chi connectivity index (χ2n) is 3.12. The van der Waals surface area contributed by atoms with Crippen molar-refractivity contribution in [3.05, 3.63) is 17.8 Å². The van der Waals surface area contributed by atoms with Gasteiger partial charge in [-0.15, -0.1) is 0 Å². The molecule has 2 heterocycles. The Morgan fingerprint density at radius 3 is 3.00 bits per heavy atom. The number of rotatable bonds is 3. The molecule has 78 valence electrons. The van der Waals surface area contributed by atoms with Gasteiger partial charge in [-0.1, -0.05) is 0 Å². The van der Waals surface area contributed by atoms with Crippen LogP contribution in [0.4, 0.5) is 5.82 Å². The van der Waals surface area contributed by atoms with E-state index in [9.17, 15) is 9.59 Å². The van der Waals surface area contributed by atoms with Crippen LogP contribution in [-0.2, 0) is 16.1 Å². The molecular weight excluding hydrogens is 198 g/mol. The summed E-state index contributed by atoms with van der Waals surface area (Å²) in [7, 11) is 0. The molecule has 1 aliphatic rings. The fraction of sp³-hybridized carbons (Fsp3) is 0.222. The molecule has 0 atom stereocenters. The first-order valence-electron chi connectivity index (χ1n) is 4.41. The number of aliphatic carboxylic acids is 1. The van der Waals surface area contributed by atoms with Crippen molar-refractivity contribution >= 4 is 24.3 Å². The van der Waals surface area contributed by atoms with Crippen LogP contribution in [0.15, 0.2) is 12.3 Å². The van der Waals surface area contributed by atoms with E-state index in [2.05, 4.69) is 5.10 Å². The molecule has 15 heavy (non-hydrogen) atoms. The average Bonchev–Trinajstić information content (AvgIpc) is 2.75. The molecule has 0 saturated carbocycles. The maximum Gasteiger partial charge on any atom is 0.328 e. The van der Waals surface area contributed by atoms with E-state index in [0.717, 1.165) is 12.5 Å². The van der Waals surface area contributed by atoms with Gasteiger partial charge in [-0.25, -0.2) is 9.48 Å². The number of carbonyl (C=O) groups excluding carboxylic acids is 1. The maximum atomic E-state index is 10.7. The number of amides is 1. The average molecular weight is 207 g/mol. The lowest BCUT2D eigenvalue weighted by atomic mass is 10.3. The van der Waals surface area contributed by atoms with Crippen LogP contribution in [0.2, 0.25) is 0 Å². The Morgan fingerprint density at radius 1 is 1.53 bits per heavy atom. The van der Waals surface area contributed by atoms with Gasteiger partial charge >= 0.3 is 5.97 Å². The molecule has 1 N–H and O–H groups in total. The molecule has 1 amide bonds. The normalized spacial score (nSPS) is 14.5. The molecule has 0 aromatic carbocycles. The second kappa shape index (κ2) is 3.56. The molecule has 6 heteroatoms. The van der Waals surface area contributed by atoms with Crippen LogP contribution >= 0.6 is 0 Å². The minimum Gasteiger partial charge on any atom is -0.478 e. The topological polar surface area (TPSA) is 75.4 Å². The molecule has 2 rings (SSSR count). The summed E-state index contributed by atoms with van der Waals surface area (Å²) >= 11 is 0. The first-order chi connectivity index (χ1) is 7.22. The molecule has 1 aromatic rings. The van der Waals surface area contributed by atoms with Crippen LogP contribution in [0.1, 0.15) is 5.56 Å². The van der Waals surface area contributed by atoms with Gasteiger partial charge in [0.15, 0.2) is 0 Å². The minimum atomic E-state index is -1.02. The number of fused-ring (bicyclic) bond motifs is 1. The van der Waals surface area contributed by atoms with Crippen LogP contribution in [0, 0.1) is 0 Å². The van der Waals surface area contributed by atoms with Crippen molar-refractivity contribution in [2.75, 3.05) is 11.4 Å². The zero-order chi connectivity index (χ0) is 10.8. The SMILES string of the molecule is O=CN1CCn2ncc(C=CC(=O)O)c21. The first kappa shape index (κ1) is 9.45. The maximum absolute atomic E-state index is 10.7. The van der Waals surface area contributed by atoms with Gasteiger partial charge in [0.2, 0.25) is 6.41 Å². The standard InChI is InChI=1S/C9H9N3O3/c13-6-11-3-4-12-9(11)7(5-10-12)1-2-8(14)15/h1-2,5-6H,3-4H2,(H,14,15). The van der Waals surface area contributed by atoms with Crippen LogP contribution in [0.5, 0.6) is 0 Å². The number of nitrogens with zero attached hydrogens (tertiary/aromatic N) is 3. The Morgan fingerprint density at radius 2 is 2.33 bits per heavy atom. The van der Waals surface area contributed by atoms with Gasteiger partial charge in [0, 0.05) is 18.2 Å². The van der Waals surface area contributed by atoms with Crippen LogP contribution in [-0.4, -0.2) is 33.8 Å². The lowest BCUT2D eigenvalue weighted by molar-refractivity contribution is -0.131. The third-order valence-electron chi connectivity index (χ3n) is 2.20. The number of anilines is 1. The number of carbonyl (C=O) groups is 2. The van der Waals surface area contributed by atoms with Crippen molar-refractivity contribution in [1.82, 2.24) is 9.78 Å². The predicted molar refractivity (Wildman–Crippen MR) is 52.3 cm³/mol. The Hall–Kier alpha value is -2.11. The summed E-state index contributed by atoms with van der Waals surface area (Å²) in [6.07, 6.45) is 4.73. The molecule has 0 aliphatic carbocycles. The van der Waals surface area contributed by atoms with E-state index >= 15 is 0 Å². The van der Waals surface area contributed by atoms with E-state index in [1.165, 1.54) is 11.0 Å². The molecule has 1 aromatic heterocycles. The van der Waals surface area contributed by atoms with Crippen LogP contribution < -0.4 is 4.90 Å². The molecule has 0 bridgehead atoms. The zero-order valence-corrected chi connectivity index (χ0v) is 7.83. The van der Waals surface area contributed by atoms with Crippen molar-refractivity contribution in [2.45, 2.75) is 6.54 Å². The fourth-order valence-corrected chi connectivity index (χ4v) is 1.56. The van der Waals surface area contributed by atoms with Gasteiger partial charge in [-0.05, 0) is 6.08 Å². The molecule has 0 spiro atoms. The van der Waals surface area contributed by atoms with Crippen LogP contribution in [0.3, 0.4) is 0 Å². The third-order valence-corrected chi connectivity index (χ3v) is 2.20. The quantitative estimate of drug-likeness (QED) is 0.557. The van der Waals surface area contributed by atoms with Gasteiger partial charge in [0.1, 0.15) is 5.82 Å².